The summed E-state index contributed by atoms with van der Waals surface area (Å²) in [5.74, 6) is 0.796. The Morgan fingerprint density at radius 1 is 1.33 bits per heavy atom. The van der Waals surface area contributed by atoms with E-state index in [1.807, 2.05) is 37.3 Å². The molecule has 78 valence electrons. The van der Waals surface area contributed by atoms with Crippen molar-refractivity contribution in [3.05, 3.63) is 41.7 Å². The van der Waals surface area contributed by atoms with Gasteiger partial charge in [-0.3, -0.25) is 5.10 Å². The van der Waals surface area contributed by atoms with Crippen molar-refractivity contribution in [2.75, 3.05) is 5.73 Å². The lowest BCUT2D eigenvalue weighted by molar-refractivity contribution is 0.301. The summed E-state index contributed by atoms with van der Waals surface area (Å²) in [6.07, 6.45) is 0. The lowest BCUT2D eigenvalue weighted by Gasteiger charge is -2.03. The number of hydrogen-bond donors (Lipinski definition) is 2. The topological polar surface area (TPSA) is 63.9 Å². The Hall–Kier alpha value is -1.97. The average Bonchev–Trinajstić information content (AvgIpc) is 2.64. The number of nitrogens with two attached hydrogens (primary N) is 1. The number of aromatic nitrogens is 2. The van der Waals surface area contributed by atoms with Gasteiger partial charge in [-0.05, 0) is 37.3 Å². The molecule has 0 aliphatic rings. The molecule has 1 heterocycles. The summed E-state index contributed by atoms with van der Waals surface area (Å²) in [6, 6.07) is 9.26. The van der Waals surface area contributed by atoms with Gasteiger partial charge in [0, 0.05) is 11.4 Å². The van der Waals surface area contributed by atoms with Crippen LogP contribution in [0.4, 0.5) is 5.69 Å². The summed E-state index contributed by atoms with van der Waals surface area (Å²) in [6.45, 7) is 2.42. The fraction of sp³-hybridized carbons (Fsp3) is 0.182. The van der Waals surface area contributed by atoms with Crippen molar-refractivity contribution < 1.29 is 4.74 Å². The number of hydrogen-bond acceptors (Lipinski definition) is 3. The number of anilines is 1. The monoisotopic (exact) mass is 203 g/mol. The molecule has 0 aliphatic heterocycles. The Balaban J connectivity index is 1.96. The Kier molecular flexibility index (Phi) is 2.58. The highest BCUT2D eigenvalue weighted by atomic mass is 16.5. The highest BCUT2D eigenvalue weighted by Crippen LogP contribution is 2.14. The van der Waals surface area contributed by atoms with Gasteiger partial charge < -0.3 is 10.5 Å². The van der Waals surface area contributed by atoms with Gasteiger partial charge in [-0.25, -0.2) is 0 Å². The Morgan fingerprint density at radius 3 is 2.67 bits per heavy atom. The van der Waals surface area contributed by atoms with Crippen LogP contribution in [0.3, 0.4) is 0 Å². The van der Waals surface area contributed by atoms with Crippen LogP contribution >= 0.6 is 0 Å². The van der Waals surface area contributed by atoms with Crippen LogP contribution in [-0.2, 0) is 6.61 Å². The van der Waals surface area contributed by atoms with Crippen LogP contribution in [0.25, 0.3) is 0 Å². The van der Waals surface area contributed by atoms with Gasteiger partial charge in [-0.15, -0.1) is 0 Å². The second-order valence-corrected chi connectivity index (χ2v) is 3.40. The zero-order valence-electron chi connectivity index (χ0n) is 8.53. The fourth-order valence-electron chi connectivity index (χ4n) is 1.27. The normalized spacial score (nSPS) is 10.2. The van der Waals surface area contributed by atoms with Crippen molar-refractivity contribution in [2.45, 2.75) is 13.5 Å². The molecule has 0 atom stereocenters. The maximum absolute atomic E-state index is 5.56. The maximum Gasteiger partial charge on any atom is 0.132 e. The van der Waals surface area contributed by atoms with Crippen molar-refractivity contribution in [1.82, 2.24) is 10.2 Å². The molecule has 0 radical (unpaired) electrons. The van der Waals surface area contributed by atoms with Gasteiger partial charge in [0.15, 0.2) is 0 Å². The first-order chi connectivity index (χ1) is 7.24. The number of ether oxygens (including phenoxy) is 1. The molecular weight excluding hydrogens is 190 g/mol. The molecule has 0 spiro atoms. The van der Waals surface area contributed by atoms with E-state index in [1.165, 1.54) is 0 Å². The number of rotatable bonds is 3. The van der Waals surface area contributed by atoms with E-state index in [0.29, 0.717) is 6.61 Å². The number of nitrogens with one attached hydrogen (secondary N) is 1. The third kappa shape index (κ3) is 2.49. The second kappa shape index (κ2) is 4.04. The Morgan fingerprint density at radius 2 is 2.07 bits per heavy atom. The molecule has 0 amide bonds. The molecule has 0 saturated heterocycles. The number of aromatic amines is 1. The van der Waals surface area contributed by atoms with Gasteiger partial charge in [-0.1, -0.05) is 0 Å². The molecule has 4 nitrogen and oxygen atoms in total. The molecule has 4 heteroatoms. The van der Waals surface area contributed by atoms with E-state index in [9.17, 15) is 0 Å². The van der Waals surface area contributed by atoms with Crippen LogP contribution in [0.2, 0.25) is 0 Å². The molecule has 1 aromatic heterocycles. The van der Waals surface area contributed by atoms with Gasteiger partial charge in [-0.2, -0.15) is 5.10 Å². The lowest BCUT2D eigenvalue weighted by atomic mass is 10.3. The first kappa shape index (κ1) is 9.58. The van der Waals surface area contributed by atoms with Gasteiger partial charge in [0.05, 0.1) is 5.69 Å². The minimum atomic E-state index is 0.467. The van der Waals surface area contributed by atoms with E-state index in [4.69, 9.17) is 10.5 Å². The number of H-pyrrole nitrogens is 1. The standard InChI is InChI=1S/C11H13N3O/c1-8-6-10(14-13-8)7-15-11-4-2-9(12)3-5-11/h2-6H,7,12H2,1H3,(H,13,14). The van der Waals surface area contributed by atoms with Gasteiger partial charge in [0.25, 0.3) is 0 Å². The zero-order valence-corrected chi connectivity index (χ0v) is 8.53. The van der Waals surface area contributed by atoms with Crippen LogP contribution in [0, 0.1) is 6.92 Å². The van der Waals surface area contributed by atoms with Crippen LogP contribution in [0.1, 0.15) is 11.4 Å². The minimum Gasteiger partial charge on any atom is -0.487 e. The second-order valence-electron chi connectivity index (χ2n) is 3.40. The van der Waals surface area contributed by atoms with Crippen molar-refractivity contribution >= 4 is 5.69 Å². The van der Waals surface area contributed by atoms with Crippen LogP contribution < -0.4 is 10.5 Å². The van der Waals surface area contributed by atoms with E-state index >= 15 is 0 Å². The number of benzene rings is 1. The SMILES string of the molecule is Cc1cc(COc2ccc(N)cc2)n[nH]1. The summed E-state index contributed by atoms with van der Waals surface area (Å²) in [4.78, 5) is 0. The predicted molar refractivity (Wildman–Crippen MR) is 58.5 cm³/mol. The Labute approximate surface area is 88.1 Å². The molecule has 0 unspecified atom stereocenters. The lowest BCUT2D eigenvalue weighted by Crippen LogP contribution is -1.95. The highest BCUT2D eigenvalue weighted by molar-refractivity contribution is 5.41. The third-order valence-electron chi connectivity index (χ3n) is 2.03. The van der Waals surface area contributed by atoms with E-state index in [2.05, 4.69) is 10.2 Å². The predicted octanol–water partition coefficient (Wildman–Crippen LogP) is 1.88. The van der Waals surface area contributed by atoms with E-state index in [0.717, 1.165) is 22.8 Å². The van der Waals surface area contributed by atoms with E-state index < -0.39 is 0 Å². The van der Waals surface area contributed by atoms with Crippen molar-refractivity contribution in [3.63, 3.8) is 0 Å². The highest BCUT2D eigenvalue weighted by Gasteiger charge is 1.99. The summed E-state index contributed by atoms with van der Waals surface area (Å²) in [5.41, 5.74) is 8.22. The third-order valence-corrected chi connectivity index (χ3v) is 2.03. The van der Waals surface area contributed by atoms with Gasteiger partial charge in [0.1, 0.15) is 12.4 Å². The smallest absolute Gasteiger partial charge is 0.132 e. The average molecular weight is 203 g/mol. The first-order valence-electron chi connectivity index (χ1n) is 4.73. The van der Waals surface area contributed by atoms with Crippen molar-refractivity contribution in [1.29, 1.82) is 0 Å². The van der Waals surface area contributed by atoms with Crippen LogP contribution in [0.15, 0.2) is 30.3 Å². The number of nitrogen functional groups attached to an aromatic ring is 1. The molecule has 2 rings (SSSR count). The van der Waals surface area contributed by atoms with Crippen LogP contribution in [-0.4, -0.2) is 10.2 Å². The molecule has 1 aromatic carbocycles. The molecule has 3 N–H and O–H groups in total. The zero-order chi connectivity index (χ0) is 10.7. The number of aryl methyl sites for hydroxylation is 1. The Bertz CT molecular complexity index is 433. The summed E-state index contributed by atoms with van der Waals surface area (Å²) < 4.78 is 5.52. The summed E-state index contributed by atoms with van der Waals surface area (Å²) in [5, 5.41) is 6.94. The fourth-order valence-corrected chi connectivity index (χ4v) is 1.27. The first-order valence-corrected chi connectivity index (χ1v) is 4.73. The van der Waals surface area contributed by atoms with Crippen molar-refractivity contribution in [2.24, 2.45) is 0 Å². The van der Waals surface area contributed by atoms with E-state index in [1.54, 1.807) is 0 Å². The minimum absolute atomic E-state index is 0.467. The van der Waals surface area contributed by atoms with Crippen molar-refractivity contribution in [3.8, 4) is 5.75 Å². The van der Waals surface area contributed by atoms with Crippen LogP contribution in [0.5, 0.6) is 5.75 Å². The molecule has 0 fully saturated rings. The molecular formula is C11H13N3O. The largest absolute Gasteiger partial charge is 0.487 e. The number of nitrogens with zero attached hydrogens (tertiary/aromatic N) is 1. The molecule has 15 heavy (non-hydrogen) atoms. The molecule has 2 aromatic rings. The maximum atomic E-state index is 5.56. The molecule has 0 aliphatic carbocycles. The van der Waals surface area contributed by atoms with Gasteiger partial charge in [0.2, 0.25) is 0 Å². The molecule has 0 bridgehead atoms. The quantitative estimate of drug-likeness (QED) is 0.748. The summed E-state index contributed by atoms with van der Waals surface area (Å²) >= 11 is 0. The molecule has 0 saturated carbocycles. The van der Waals surface area contributed by atoms with Gasteiger partial charge >= 0.3 is 0 Å². The summed E-state index contributed by atoms with van der Waals surface area (Å²) in [7, 11) is 0. The van der Waals surface area contributed by atoms with E-state index in [-0.39, 0.29) is 0 Å².